The van der Waals surface area contributed by atoms with Crippen molar-refractivity contribution in [3.63, 3.8) is 0 Å². The van der Waals surface area contributed by atoms with Crippen molar-refractivity contribution in [3.8, 4) is 0 Å². The van der Waals surface area contributed by atoms with Gasteiger partial charge in [0.15, 0.2) is 0 Å². The first-order chi connectivity index (χ1) is 13.1. The van der Waals surface area contributed by atoms with Crippen molar-refractivity contribution in [2.75, 3.05) is 13.1 Å². The van der Waals surface area contributed by atoms with Crippen molar-refractivity contribution in [1.82, 2.24) is 9.80 Å². The van der Waals surface area contributed by atoms with Crippen molar-refractivity contribution in [2.24, 2.45) is 23.7 Å². The molecule has 142 valence electrons. The van der Waals surface area contributed by atoms with Gasteiger partial charge in [-0.2, -0.15) is 0 Å². The zero-order valence-corrected chi connectivity index (χ0v) is 15.7. The highest BCUT2D eigenvalue weighted by atomic mass is 16.2. The maximum absolute atomic E-state index is 13.0. The molecule has 27 heavy (non-hydrogen) atoms. The van der Waals surface area contributed by atoms with E-state index in [0.29, 0.717) is 13.1 Å². The van der Waals surface area contributed by atoms with E-state index in [1.165, 1.54) is 4.90 Å². The van der Waals surface area contributed by atoms with Gasteiger partial charge in [-0.05, 0) is 30.2 Å². The molecule has 1 aromatic carbocycles. The Hall–Kier alpha value is -2.43. The smallest absolute Gasteiger partial charge is 0.243 e. The predicted molar refractivity (Wildman–Crippen MR) is 101 cm³/mol. The van der Waals surface area contributed by atoms with Crippen LogP contribution in [0.15, 0.2) is 42.5 Å². The Kier molecular flexibility index (Phi) is 4.85. The molecule has 3 aliphatic rings. The summed E-state index contributed by atoms with van der Waals surface area (Å²) in [7, 11) is 0. The van der Waals surface area contributed by atoms with Gasteiger partial charge in [0.05, 0.1) is 11.8 Å². The average molecular weight is 366 g/mol. The first-order valence-electron chi connectivity index (χ1n) is 9.95. The van der Waals surface area contributed by atoms with Crippen LogP contribution >= 0.6 is 0 Å². The van der Waals surface area contributed by atoms with E-state index >= 15 is 0 Å². The molecule has 0 spiro atoms. The number of likely N-dealkylation sites (tertiary alicyclic amines) is 1. The summed E-state index contributed by atoms with van der Waals surface area (Å²) in [5.41, 5.74) is 1.06. The minimum Gasteiger partial charge on any atom is -0.337 e. The van der Waals surface area contributed by atoms with Crippen molar-refractivity contribution in [2.45, 2.75) is 32.7 Å². The quantitative estimate of drug-likeness (QED) is 0.551. The maximum atomic E-state index is 13.0. The van der Waals surface area contributed by atoms with E-state index < -0.39 is 0 Å². The van der Waals surface area contributed by atoms with Crippen LogP contribution in [-0.2, 0) is 20.9 Å². The van der Waals surface area contributed by atoms with Gasteiger partial charge in [-0.1, -0.05) is 55.8 Å². The second kappa shape index (κ2) is 7.29. The van der Waals surface area contributed by atoms with E-state index in [1.54, 1.807) is 4.90 Å². The van der Waals surface area contributed by atoms with Gasteiger partial charge < -0.3 is 4.90 Å². The van der Waals surface area contributed by atoms with E-state index in [4.69, 9.17) is 0 Å². The number of nitrogens with zero attached hydrogens (tertiary/aromatic N) is 2. The second-order valence-electron chi connectivity index (χ2n) is 7.92. The molecule has 1 heterocycles. The van der Waals surface area contributed by atoms with Gasteiger partial charge in [0.25, 0.3) is 0 Å². The normalized spacial score (nSPS) is 28.1. The van der Waals surface area contributed by atoms with E-state index in [2.05, 4.69) is 19.1 Å². The Morgan fingerprint density at radius 3 is 2.30 bits per heavy atom. The third-order valence-corrected chi connectivity index (χ3v) is 6.21. The fourth-order valence-electron chi connectivity index (χ4n) is 4.80. The summed E-state index contributed by atoms with van der Waals surface area (Å²) in [6, 6.07) is 9.84. The van der Waals surface area contributed by atoms with Crippen LogP contribution in [0.2, 0.25) is 0 Å². The lowest BCUT2D eigenvalue weighted by Gasteiger charge is -2.25. The van der Waals surface area contributed by atoms with Crippen LogP contribution in [0.3, 0.4) is 0 Å². The lowest BCUT2D eigenvalue weighted by molar-refractivity contribution is -0.147. The molecule has 0 unspecified atom stereocenters. The molecule has 0 N–H and O–H groups in total. The number of hydrogen-bond donors (Lipinski definition) is 0. The zero-order valence-electron chi connectivity index (χ0n) is 15.7. The van der Waals surface area contributed by atoms with Gasteiger partial charge in [0.2, 0.25) is 17.7 Å². The van der Waals surface area contributed by atoms with Gasteiger partial charge in [0.1, 0.15) is 6.54 Å². The van der Waals surface area contributed by atoms with Crippen LogP contribution in [0.1, 0.15) is 31.7 Å². The van der Waals surface area contributed by atoms with Crippen LogP contribution in [0.5, 0.6) is 0 Å². The summed E-state index contributed by atoms with van der Waals surface area (Å²) >= 11 is 0. The number of imide groups is 1. The summed E-state index contributed by atoms with van der Waals surface area (Å²) in [4.78, 5) is 41.6. The summed E-state index contributed by atoms with van der Waals surface area (Å²) in [5.74, 6) is -0.559. The lowest BCUT2D eigenvalue weighted by atomic mass is 9.85. The first-order valence-corrected chi connectivity index (χ1v) is 9.95. The van der Waals surface area contributed by atoms with Gasteiger partial charge in [-0.15, -0.1) is 0 Å². The van der Waals surface area contributed by atoms with E-state index in [-0.39, 0.29) is 47.9 Å². The second-order valence-corrected chi connectivity index (χ2v) is 7.92. The average Bonchev–Trinajstić information content (AvgIpc) is 3.36. The van der Waals surface area contributed by atoms with Crippen LogP contribution in [0, 0.1) is 23.7 Å². The number of amides is 3. The van der Waals surface area contributed by atoms with Gasteiger partial charge in [0, 0.05) is 13.1 Å². The minimum atomic E-state index is -0.237. The highest BCUT2D eigenvalue weighted by molar-refractivity contribution is 6.08. The largest absolute Gasteiger partial charge is 0.337 e. The van der Waals surface area contributed by atoms with Crippen LogP contribution in [-0.4, -0.2) is 40.6 Å². The van der Waals surface area contributed by atoms with Gasteiger partial charge in [-0.25, -0.2) is 0 Å². The molecular weight excluding hydrogens is 340 g/mol. The highest BCUT2D eigenvalue weighted by Crippen LogP contribution is 2.52. The summed E-state index contributed by atoms with van der Waals surface area (Å²) in [5, 5.41) is 0. The number of allylic oxidation sites excluding steroid dienone is 2. The molecule has 1 aliphatic heterocycles. The van der Waals surface area contributed by atoms with Crippen molar-refractivity contribution in [3.05, 3.63) is 48.0 Å². The van der Waals surface area contributed by atoms with Crippen LogP contribution in [0.25, 0.3) is 0 Å². The molecule has 2 bridgehead atoms. The number of benzene rings is 1. The molecule has 4 rings (SSSR count). The Morgan fingerprint density at radius 1 is 1.07 bits per heavy atom. The molecule has 4 atom stereocenters. The van der Waals surface area contributed by atoms with Crippen LogP contribution < -0.4 is 0 Å². The Labute approximate surface area is 160 Å². The lowest BCUT2D eigenvalue weighted by Crippen LogP contribution is -2.43. The number of carbonyl (C=O) groups is 3. The molecule has 0 aromatic heterocycles. The van der Waals surface area contributed by atoms with Crippen molar-refractivity contribution in [1.29, 1.82) is 0 Å². The molecule has 3 amide bonds. The zero-order chi connectivity index (χ0) is 19.0. The van der Waals surface area contributed by atoms with Crippen LogP contribution in [0.4, 0.5) is 0 Å². The molecule has 1 saturated carbocycles. The molecule has 1 saturated heterocycles. The molecule has 1 aromatic rings. The van der Waals surface area contributed by atoms with E-state index in [9.17, 15) is 14.4 Å². The molecular formula is C22H26N2O3. The third-order valence-electron chi connectivity index (χ3n) is 6.21. The number of hydrogen-bond acceptors (Lipinski definition) is 3. The maximum Gasteiger partial charge on any atom is 0.243 e. The monoisotopic (exact) mass is 366 g/mol. The fraction of sp³-hybridized carbons (Fsp3) is 0.500. The number of carbonyl (C=O) groups excluding carboxylic acids is 3. The topological polar surface area (TPSA) is 57.7 Å². The summed E-state index contributed by atoms with van der Waals surface area (Å²) in [6.45, 7) is 3.11. The van der Waals surface area contributed by atoms with Crippen molar-refractivity contribution >= 4 is 17.7 Å². The number of unbranched alkanes of at least 4 members (excludes halogenated alkanes) is 1. The number of fused-ring (bicyclic) bond motifs is 5. The Morgan fingerprint density at radius 2 is 1.70 bits per heavy atom. The SMILES string of the molecule is CCCCN(Cc1ccccc1)C(=O)CN1C(=O)[C@@H]2[C@H](C1=O)[C@H]1C=C[C@H]2C1. The first kappa shape index (κ1) is 18.0. The van der Waals surface area contributed by atoms with E-state index in [0.717, 1.165) is 24.8 Å². The molecule has 2 fully saturated rings. The molecule has 5 heteroatoms. The minimum absolute atomic E-state index is 0.124. The standard InChI is InChI=1S/C22H26N2O3/c1-2-3-11-23(13-15-7-5-4-6-8-15)18(25)14-24-21(26)19-16-9-10-17(12-16)20(19)22(24)27/h4-10,16-17,19-20H,2-3,11-14H2,1H3/t16-,17-,19-,20+/m0/s1. The third kappa shape index (κ3) is 3.20. The van der Waals surface area contributed by atoms with Gasteiger partial charge >= 0.3 is 0 Å². The molecule has 0 radical (unpaired) electrons. The highest BCUT2D eigenvalue weighted by Gasteiger charge is 2.59. The molecule has 2 aliphatic carbocycles. The van der Waals surface area contributed by atoms with Gasteiger partial charge in [-0.3, -0.25) is 19.3 Å². The van der Waals surface area contributed by atoms with E-state index in [1.807, 2.05) is 30.3 Å². The molecule has 5 nitrogen and oxygen atoms in total. The Balaban J connectivity index is 1.46. The summed E-state index contributed by atoms with van der Waals surface area (Å²) < 4.78 is 0. The predicted octanol–water partition coefficient (Wildman–Crippen LogP) is 2.62. The fourth-order valence-corrected chi connectivity index (χ4v) is 4.80. The van der Waals surface area contributed by atoms with Crippen molar-refractivity contribution < 1.29 is 14.4 Å². The number of rotatable bonds is 7. The summed E-state index contributed by atoms with van der Waals surface area (Å²) in [6.07, 6.45) is 6.95. The Bertz CT molecular complexity index is 743.